The van der Waals surface area contributed by atoms with Gasteiger partial charge in [-0.05, 0) is 31.5 Å². The van der Waals surface area contributed by atoms with Gasteiger partial charge in [-0.1, -0.05) is 47.1 Å². The topological polar surface area (TPSA) is 59.8 Å². The van der Waals surface area contributed by atoms with E-state index in [1.165, 1.54) is 22.2 Å². The molecule has 3 rings (SSSR count). The average Bonchev–Trinajstić information content (AvgIpc) is 3.21. The monoisotopic (exact) mass is 452 g/mol. The number of nitrogens with zero attached hydrogens (tertiary/aromatic N) is 3. The van der Waals surface area contributed by atoms with Crippen molar-refractivity contribution in [2.75, 3.05) is 11.1 Å². The first-order chi connectivity index (χ1) is 13.4. The lowest BCUT2D eigenvalue weighted by Crippen LogP contribution is -2.15. The molecule has 0 bridgehead atoms. The zero-order valence-corrected chi connectivity index (χ0v) is 18.5. The Bertz CT molecular complexity index is 1030. The van der Waals surface area contributed by atoms with Crippen molar-refractivity contribution in [3.63, 3.8) is 0 Å². The Labute approximate surface area is 181 Å². The van der Waals surface area contributed by atoms with Crippen LogP contribution in [-0.2, 0) is 11.3 Å². The smallest absolute Gasteiger partial charge is 0.234 e. The van der Waals surface area contributed by atoms with E-state index in [0.29, 0.717) is 27.4 Å². The summed E-state index contributed by atoms with van der Waals surface area (Å²) in [4.78, 5) is 13.6. The number of aromatic nitrogens is 3. The number of aryl methyl sites for hydroxylation is 1. The molecule has 1 amide bonds. The van der Waals surface area contributed by atoms with Crippen molar-refractivity contribution in [2.24, 2.45) is 0 Å². The molecule has 0 atom stereocenters. The minimum atomic E-state index is -0.202. The molecule has 0 unspecified atom stereocenters. The van der Waals surface area contributed by atoms with E-state index in [0.717, 1.165) is 11.4 Å². The number of thiophene rings is 1. The van der Waals surface area contributed by atoms with Crippen LogP contribution in [0.15, 0.2) is 41.4 Å². The largest absolute Gasteiger partial charge is 0.324 e. The van der Waals surface area contributed by atoms with Gasteiger partial charge in [-0.25, -0.2) is 0 Å². The standard InChI is InChI=1S/C19H18Cl2N4OS2/c1-4-8-25-18(13-9-27-12(3)11(13)2)23-24-19(25)28-10-16(26)22-15-7-5-6-14(20)17(15)21/h4-7,9H,1,8,10H2,2-3H3,(H,22,26). The molecule has 5 nitrogen and oxygen atoms in total. The molecule has 2 aromatic heterocycles. The average molecular weight is 453 g/mol. The normalized spacial score (nSPS) is 10.9. The van der Waals surface area contributed by atoms with Crippen LogP contribution >= 0.6 is 46.3 Å². The van der Waals surface area contributed by atoms with Gasteiger partial charge in [0.2, 0.25) is 5.91 Å². The molecule has 0 saturated carbocycles. The van der Waals surface area contributed by atoms with Crippen molar-refractivity contribution in [3.05, 3.63) is 56.7 Å². The van der Waals surface area contributed by atoms with Crippen LogP contribution in [0.5, 0.6) is 0 Å². The van der Waals surface area contributed by atoms with Crippen molar-refractivity contribution < 1.29 is 4.79 Å². The highest BCUT2D eigenvalue weighted by Gasteiger charge is 2.18. The molecule has 0 aliphatic rings. The highest BCUT2D eigenvalue weighted by atomic mass is 35.5. The van der Waals surface area contributed by atoms with E-state index in [1.54, 1.807) is 35.6 Å². The van der Waals surface area contributed by atoms with Crippen LogP contribution in [0.1, 0.15) is 10.4 Å². The zero-order chi connectivity index (χ0) is 20.3. The second-order valence-corrected chi connectivity index (χ2v) is 8.79. The van der Waals surface area contributed by atoms with Gasteiger partial charge in [0, 0.05) is 22.4 Å². The van der Waals surface area contributed by atoms with Crippen LogP contribution in [-0.4, -0.2) is 26.4 Å². The summed E-state index contributed by atoms with van der Waals surface area (Å²) in [5.74, 6) is 0.744. The number of amides is 1. The van der Waals surface area contributed by atoms with Crippen LogP contribution in [0.25, 0.3) is 11.4 Å². The van der Waals surface area contributed by atoms with E-state index >= 15 is 0 Å². The van der Waals surface area contributed by atoms with E-state index in [9.17, 15) is 4.79 Å². The van der Waals surface area contributed by atoms with Crippen molar-refractivity contribution in [3.8, 4) is 11.4 Å². The van der Waals surface area contributed by atoms with Crippen molar-refractivity contribution in [1.82, 2.24) is 14.8 Å². The van der Waals surface area contributed by atoms with E-state index in [4.69, 9.17) is 23.2 Å². The summed E-state index contributed by atoms with van der Waals surface area (Å²) in [6, 6.07) is 5.10. The Morgan fingerprint density at radius 2 is 2.14 bits per heavy atom. The zero-order valence-electron chi connectivity index (χ0n) is 15.3. The molecule has 0 radical (unpaired) electrons. The fraction of sp³-hybridized carbons (Fsp3) is 0.211. The Morgan fingerprint density at radius 1 is 1.36 bits per heavy atom. The maximum atomic E-state index is 12.3. The second kappa shape index (κ2) is 9.13. The van der Waals surface area contributed by atoms with Gasteiger partial charge in [-0.3, -0.25) is 9.36 Å². The molecule has 0 aliphatic carbocycles. The number of anilines is 1. The van der Waals surface area contributed by atoms with Gasteiger partial charge in [-0.2, -0.15) is 0 Å². The maximum Gasteiger partial charge on any atom is 0.234 e. The highest BCUT2D eigenvalue weighted by Crippen LogP contribution is 2.32. The number of carbonyl (C=O) groups excluding carboxylic acids is 1. The molecule has 0 aliphatic heterocycles. The first-order valence-corrected chi connectivity index (χ1v) is 11.0. The number of hydrogen-bond acceptors (Lipinski definition) is 5. The summed E-state index contributed by atoms with van der Waals surface area (Å²) in [6.07, 6.45) is 1.79. The Balaban J connectivity index is 1.75. The summed E-state index contributed by atoms with van der Waals surface area (Å²) in [6.45, 7) is 8.53. The number of thioether (sulfide) groups is 1. The second-order valence-electron chi connectivity index (χ2n) is 5.97. The van der Waals surface area contributed by atoms with E-state index < -0.39 is 0 Å². The predicted molar refractivity (Wildman–Crippen MR) is 119 cm³/mol. The summed E-state index contributed by atoms with van der Waals surface area (Å²) in [5.41, 5.74) is 2.73. The molecule has 9 heteroatoms. The number of rotatable bonds is 7. The van der Waals surface area contributed by atoms with Crippen LogP contribution in [0.3, 0.4) is 0 Å². The summed E-state index contributed by atoms with van der Waals surface area (Å²) in [5, 5.41) is 14.8. The molecule has 28 heavy (non-hydrogen) atoms. The Morgan fingerprint density at radius 3 is 2.82 bits per heavy atom. The summed E-state index contributed by atoms with van der Waals surface area (Å²) < 4.78 is 1.96. The highest BCUT2D eigenvalue weighted by molar-refractivity contribution is 7.99. The predicted octanol–water partition coefficient (Wildman–Crippen LogP) is 5.85. The van der Waals surface area contributed by atoms with E-state index in [2.05, 4.69) is 41.3 Å². The number of nitrogens with one attached hydrogen (secondary N) is 1. The maximum absolute atomic E-state index is 12.3. The minimum absolute atomic E-state index is 0.166. The molecule has 146 valence electrons. The molecular formula is C19H18Cl2N4OS2. The molecular weight excluding hydrogens is 435 g/mol. The third-order valence-electron chi connectivity index (χ3n) is 4.11. The first kappa shape index (κ1) is 20.9. The molecule has 0 fully saturated rings. The van der Waals surface area contributed by atoms with Crippen molar-refractivity contribution in [2.45, 2.75) is 25.5 Å². The summed E-state index contributed by atoms with van der Waals surface area (Å²) in [7, 11) is 0. The number of hydrogen-bond donors (Lipinski definition) is 1. The van der Waals surface area contributed by atoms with Gasteiger partial charge in [0.1, 0.15) is 0 Å². The van der Waals surface area contributed by atoms with Crippen LogP contribution < -0.4 is 5.32 Å². The molecule has 1 aromatic carbocycles. The lowest BCUT2D eigenvalue weighted by molar-refractivity contribution is -0.113. The Hall–Kier alpha value is -1.80. The van der Waals surface area contributed by atoms with Gasteiger partial charge in [0.15, 0.2) is 11.0 Å². The van der Waals surface area contributed by atoms with E-state index in [-0.39, 0.29) is 11.7 Å². The van der Waals surface area contributed by atoms with Gasteiger partial charge < -0.3 is 5.32 Å². The van der Waals surface area contributed by atoms with Crippen LogP contribution in [0, 0.1) is 13.8 Å². The molecule has 3 aromatic rings. The third kappa shape index (κ3) is 4.43. The SMILES string of the molecule is C=CCn1c(SCC(=O)Nc2cccc(Cl)c2Cl)nnc1-c1csc(C)c1C. The fourth-order valence-corrected chi connectivity index (χ4v) is 4.50. The van der Waals surface area contributed by atoms with Crippen molar-refractivity contribution in [1.29, 1.82) is 0 Å². The van der Waals surface area contributed by atoms with Gasteiger partial charge >= 0.3 is 0 Å². The molecule has 0 spiro atoms. The van der Waals surface area contributed by atoms with Crippen LogP contribution in [0.2, 0.25) is 10.0 Å². The minimum Gasteiger partial charge on any atom is -0.324 e. The number of carbonyl (C=O) groups is 1. The summed E-state index contributed by atoms with van der Waals surface area (Å²) >= 11 is 15.1. The fourth-order valence-electron chi connectivity index (χ4n) is 2.54. The number of allylic oxidation sites excluding steroid dienone is 1. The van der Waals surface area contributed by atoms with Crippen LogP contribution in [0.4, 0.5) is 5.69 Å². The molecule has 0 saturated heterocycles. The quantitative estimate of drug-likeness (QED) is 0.360. The number of benzene rings is 1. The lowest BCUT2D eigenvalue weighted by Gasteiger charge is -2.09. The first-order valence-electron chi connectivity index (χ1n) is 8.38. The van der Waals surface area contributed by atoms with Gasteiger partial charge in [0.25, 0.3) is 0 Å². The van der Waals surface area contributed by atoms with Crippen molar-refractivity contribution >= 4 is 57.9 Å². The number of halogens is 2. The third-order valence-corrected chi connectivity index (χ3v) is 6.91. The molecule has 2 heterocycles. The van der Waals surface area contributed by atoms with E-state index in [1.807, 2.05) is 4.57 Å². The van der Waals surface area contributed by atoms with Gasteiger partial charge in [0.05, 0.1) is 21.5 Å². The lowest BCUT2D eigenvalue weighted by atomic mass is 10.1. The Kier molecular flexibility index (Phi) is 6.82. The molecule has 1 N–H and O–H groups in total. The van der Waals surface area contributed by atoms with Gasteiger partial charge in [-0.15, -0.1) is 28.1 Å².